The number of hydrogen-bond acceptors (Lipinski definition) is 0. The Morgan fingerprint density at radius 3 is 1.50 bits per heavy atom. The van der Waals surface area contributed by atoms with Crippen LogP contribution in [0.5, 0.6) is 0 Å². The lowest BCUT2D eigenvalue weighted by Gasteiger charge is -2.37. The summed E-state index contributed by atoms with van der Waals surface area (Å²) in [4.78, 5) is 0. The molecule has 0 heterocycles. The third-order valence-corrected chi connectivity index (χ3v) is 3.45. The molecule has 0 saturated carbocycles. The molecule has 0 aromatic heterocycles. The maximum absolute atomic E-state index is 2.38. The Morgan fingerprint density at radius 1 is 0.929 bits per heavy atom. The zero-order valence-electron chi connectivity index (χ0n) is 12.0. The first-order valence-corrected chi connectivity index (χ1v) is 6.21. The Morgan fingerprint density at radius 2 is 1.29 bits per heavy atom. The standard InChI is InChI=1S/C12H26.C2H6/c1-8-11(4,5)9-12(6,7)10(2)3;1-2/h10H,8-9H2,1-7H3;1-2H3. The second-order valence-electron chi connectivity index (χ2n) is 5.84. The third-order valence-electron chi connectivity index (χ3n) is 3.45. The zero-order chi connectivity index (χ0) is 12.0. The molecule has 0 amide bonds. The van der Waals surface area contributed by atoms with Gasteiger partial charge in [-0.05, 0) is 23.2 Å². The van der Waals surface area contributed by atoms with Crippen molar-refractivity contribution in [2.75, 3.05) is 0 Å². The first kappa shape index (κ1) is 16.4. The first-order chi connectivity index (χ1) is 6.21. The van der Waals surface area contributed by atoms with E-state index in [1.165, 1.54) is 12.8 Å². The Hall–Kier alpha value is 0. The van der Waals surface area contributed by atoms with Gasteiger partial charge in [-0.15, -0.1) is 0 Å². The lowest BCUT2D eigenvalue weighted by atomic mass is 9.68. The van der Waals surface area contributed by atoms with Gasteiger partial charge in [0.15, 0.2) is 0 Å². The van der Waals surface area contributed by atoms with E-state index in [2.05, 4.69) is 48.5 Å². The summed E-state index contributed by atoms with van der Waals surface area (Å²) in [7, 11) is 0. The van der Waals surface area contributed by atoms with Gasteiger partial charge in [-0.2, -0.15) is 0 Å². The van der Waals surface area contributed by atoms with E-state index in [9.17, 15) is 0 Å². The van der Waals surface area contributed by atoms with Crippen LogP contribution in [-0.2, 0) is 0 Å². The van der Waals surface area contributed by atoms with E-state index in [4.69, 9.17) is 0 Å². The molecule has 0 N–H and O–H groups in total. The van der Waals surface area contributed by atoms with Gasteiger partial charge in [0, 0.05) is 0 Å². The van der Waals surface area contributed by atoms with Crippen molar-refractivity contribution < 1.29 is 0 Å². The van der Waals surface area contributed by atoms with Gasteiger partial charge >= 0.3 is 0 Å². The maximum Gasteiger partial charge on any atom is -0.0326 e. The Balaban J connectivity index is 0. The van der Waals surface area contributed by atoms with Crippen molar-refractivity contribution in [2.45, 2.75) is 75.2 Å². The lowest BCUT2D eigenvalue weighted by molar-refractivity contribution is 0.136. The summed E-state index contributed by atoms with van der Waals surface area (Å²) in [5.41, 5.74) is 0.993. The zero-order valence-corrected chi connectivity index (χ0v) is 12.0. The minimum absolute atomic E-state index is 0.486. The molecule has 0 unspecified atom stereocenters. The predicted octanol–water partition coefficient (Wildman–Crippen LogP) is 5.52. The summed E-state index contributed by atoms with van der Waals surface area (Å²) < 4.78 is 0. The summed E-state index contributed by atoms with van der Waals surface area (Å²) in [6.45, 7) is 20.5. The molecule has 88 valence electrons. The van der Waals surface area contributed by atoms with Crippen LogP contribution in [0.25, 0.3) is 0 Å². The molecular weight excluding hydrogens is 168 g/mol. The van der Waals surface area contributed by atoms with Crippen molar-refractivity contribution in [3.05, 3.63) is 0 Å². The largest absolute Gasteiger partial charge is 0.0683 e. The van der Waals surface area contributed by atoms with E-state index >= 15 is 0 Å². The molecule has 0 atom stereocenters. The summed E-state index contributed by atoms with van der Waals surface area (Å²) in [5.74, 6) is 0.781. The van der Waals surface area contributed by atoms with Gasteiger partial charge in [-0.1, -0.05) is 68.7 Å². The lowest BCUT2D eigenvalue weighted by Crippen LogP contribution is -2.27. The van der Waals surface area contributed by atoms with E-state index in [0.717, 1.165) is 5.92 Å². The quantitative estimate of drug-likeness (QED) is 0.560. The van der Waals surface area contributed by atoms with Gasteiger partial charge in [0.2, 0.25) is 0 Å². The van der Waals surface area contributed by atoms with Crippen molar-refractivity contribution in [3.63, 3.8) is 0 Å². The minimum atomic E-state index is 0.486. The summed E-state index contributed by atoms with van der Waals surface area (Å²) in [6, 6.07) is 0. The van der Waals surface area contributed by atoms with Gasteiger partial charge in [-0.3, -0.25) is 0 Å². The van der Waals surface area contributed by atoms with Crippen LogP contribution in [0.4, 0.5) is 0 Å². The molecular formula is C14H32. The van der Waals surface area contributed by atoms with Gasteiger partial charge in [-0.25, -0.2) is 0 Å². The average molecular weight is 200 g/mol. The highest BCUT2D eigenvalue weighted by Crippen LogP contribution is 2.40. The smallest absolute Gasteiger partial charge is 0.0326 e. The fourth-order valence-corrected chi connectivity index (χ4v) is 1.56. The van der Waals surface area contributed by atoms with Crippen LogP contribution in [0.2, 0.25) is 0 Å². The van der Waals surface area contributed by atoms with E-state index in [1.54, 1.807) is 0 Å². The molecule has 0 aromatic rings. The van der Waals surface area contributed by atoms with Crippen LogP contribution in [0.3, 0.4) is 0 Å². The molecule has 0 rings (SSSR count). The van der Waals surface area contributed by atoms with E-state index in [0.29, 0.717) is 10.8 Å². The van der Waals surface area contributed by atoms with Crippen LogP contribution in [-0.4, -0.2) is 0 Å². The van der Waals surface area contributed by atoms with Gasteiger partial charge in [0.25, 0.3) is 0 Å². The molecule has 0 heteroatoms. The molecule has 0 saturated heterocycles. The van der Waals surface area contributed by atoms with Crippen molar-refractivity contribution >= 4 is 0 Å². The van der Waals surface area contributed by atoms with Crippen molar-refractivity contribution in [2.24, 2.45) is 16.7 Å². The molecule has 0 aromatic carbocycles. The molecule has 14 heavy (non-hydrogen) atoms. The Kier molecular flexibility index (Phi) is 7.60. The van der Waals surface area contributed by atoms with Gasteiger partial charge < -0.3 is 0 Å². The van der Waals surface area contributed by atoms with E-state index in [-0.39, 0.29) is 0 Å². The van der Waals surface area contributed by atoms with Crippen LogP contribution in [0.1, 0.15) is 75.2 Å². The maximum atomic E-state index is 2.38. The first-order valence-electron chi connectivity index (χ1n) is 6.21. The van der Waals surface area contributed by atoms with Gasteiger partial charge in [0.1, 0.15) is 0 Å². The number of rotatable bonds is 4. The molecule has 0 aliphatic heterocycles. The fraction of sp³-hybridized carbons (Fsp3) is 1.00. The Bertz CT molecular complexity index is 129. The average Bonchev–Trinajstić information content (AvgIpc) is 2.06. The highest BCUT2D eigenvalue weighted by Gasteiger charge is 2.29. The molecule has 0 radical (unpaired) electrons. The van der Waals surface area contributed by atoms with Crippen LogP contribution < -0.4 is 0 Å². The molecule has 0 fully saturated rings. The van der Waals surface area contributed by atoms with Crippen molar-refractivity contribution in [3.8, 4) is 0 Å². The topological polar surface area (TPSA) is 0 Å². The summed E-state index contributed by atoms with van der Waals surface area (Å²) in [6.07, 6.45) is 2.61. The predicted molar refractivity (Wildman–Crippen MR) is 68.7 cm³/mol. The molecule has 0 bridgehead atoms. The summed E-state index contributed by atoms with van der Waals surface area (Å²) in [5, 5.41) is 0. The second kappa shape index (κ2) is 6.48. The van der Waals surface area contributed by atoms with Gasteiger partial charge in [0.05, 0.1) is 0 Å². The van der Waals surface area contributed by atoms with Crippen LogP contribution in [0, 0.1) is 16.7 Å². The second-order valence-corrected chi connectivity index (χ2v) is 5.84. The molecule has 0 aliphatic rings. The Labute approximate surface area is 92.5 Å². The normalized spacial score (nSPS) is 12.4. The SMILES string of the molecule is CC.CCC(C)(C)CC(C)(C)C(C)C. The van der Waals surface area contributed by atoms with E-state index in [1.807, 2.05) is 13.8 Å². The van der Waals surface area contributed by atoms with Crippen LogP contribution in [0.15, 0.2) is 0 Å². The van der Waals surface area contributed by atoms with Crippen LogP contribution >= 0.6 is 0 Å². The van der Waals surface area contributed by atoms with Crippen molar-refractivity contribution in [1.29, 1.82) is 0 Å². The molecule has 0 aliphatic carbocycles. The minimum Gasteiger partial charge on any atom is -0.0683 e. The fourth-order valence-electron chi connectivity index (χ4n) is 1.56. The van der Waals surface area contributed by atoms with Crippen molar-refractivity contribution in [1.82, 2.24) is 0 Å². The molecule has 0 spiro atoms. The molecule has 0 nitrogen and oxygen atoms in total. The highest BCUT2D eigenvalue weighted by molar-refractivity contribution is 4.80. The number of hydrogen-bond donors (Lipinski definition) is 0. The summed E-state index contributed by atoms with van der Waals surface area (Å²) >= 11 is 0. The highest BCUT2D eigenvalue weighted by atomic mass is 14.3. The third kappa shape index (κ3) is 6.45. The monoisotopic (exact) mass is 200 g/mol. The van der Waals surface area contributed by atoms with E-state index < -0.39 is 0 Å².